The summed E-state index contributed by atoms with van der Waals surface area (Å²) >= 11 is 0. The second-order valence-corrected chi connectivity index (χ2v) is 4.57. The number of fused-ring (bicyclic) bond motifs is 1. The fourth-order valence-corrected chi connectivity index (χ4v) is 2.33. The number of carbonyl (C=O) groups excluding carboxylic acids is 1. The number of nitrogens with zero attached hydrogens (tertiary/aromatic N) is 1. The molecule has 0 bridgehead atoms. The van der Waals surface area contributed by atoms with Crippen LogP contribution in [0.1, 0.15) is 27.7 Å². The smallest absolute Gasteiger partial charge is 0.261 e. The number of aliphatic hydroxyl groups is 1. The van der Waals surface area contributed by atoms with E-state index in [-0.39, 0.29) is 11.7 Å². The van der Waals surface area contributed by atoms with Crippen LogP contribution in [0.25, 0.3) is 0 Å². The minimum atomic E-state index is -1.02. The molecule has 0 spiro atoms. The molecule has 1 unspecified atom stereocenters. The molecule has 0 aromatic heterocycles. The first kappa shape index (κ1) is 11.9. The van der Waals surface area contributed by atoms with Crippen molar-refractivity contribution in [3.05, 3.63) is 65.0 Å². The summed E-state index contributed by atoms with van der Waals surface area (Å²) in [5, 5.41) is 10.2. The monoisotopic (exact) mass is 257 g/mol. The van der Waals surface area contributed by atoms with Crippen molar-refractivity contribution in [3.63, 3.8) is 0 Å². The Kier molecular flexibility index (Phi) is 2.61. The zero-order valence-electron chi connectivity index (χ0n) is 10.3. The van der Waals surface area contributed by atoms with Crippen LogP contribution in [0, 0.1) is 12.7 Å². The lowest BCUT2D eigenvalue weighted by molar-refractivity contribution is 0.0935. The molecule has 0 aliphatic carbocycles. The summed E-state index contributed by atoms with van der Waals surface area (Å²) in [6.45, 7) is 1.62. The largest absolute Gasteiger partial charge is 0.369 e. The van der Waals surface area contributed by atoms with Gasteiger partial charge in [-0.3, -0.25) is 9.69 Å². The lowest BCUT2D eigenvalue weighted by Gasteiger charge is -2.21. The average Bonchev–Trinajstić information content (AvgIpc) is 2.66. The van der Waals surface area contributed by atoms with Gasteiger partial charge in [0.05, 0.1) is 0 Å². The molecule has 3 rings (SSSR count). The summed E-state index contributed by atoms with van der Waals surface area (Å²) in [4.78, 5) is 13.6. The number of halogens is 1. The molecule has 1 aliphatic rings. The van der Waals surface area contributed by atoms with Crippen molar-refractivity contribution in [2.24, 2.45) is 0 Å². The Morgan fingerprint density at radius 3 is 2.63 bits per heavy atom. The molecular weight excluding hydrogens is 245 g/mol. The highest BCUT2D eigenvalue weighted by atomic mass is 19.1. The topological polar surface area (TPSA) is 40.5 Å². The summed E-state index contributed by atoms with van der Waals surface area (Å²) in [7, 11) is 0. The van der Waals surface area contributed by atoms with Crippen molar-refractivity contribution in [1.29, 1.82) is 0 Å². The zero-order valence-corrected chi connectivity index (χ0v) is 10.3. The van der Waals surface area contributed by atoms with Crippen molar-refractivity contribution >= 4 is 11.6 Å². The van der Waals surface area contributed by atoms with Crippen LogP contribution < -0.4 is 4.90 Å². The molecular formula is C15H12FNO2. The van der Waals surface area contributed by atoms with E-state index < -0.39 is 6.23 Å². The van der Waals surface area contributed by atoms with Gasteiger partial charge in [-0.2, -0.15) is 0 Å². The molecule has 0 fully saturated rings. The molecule has 4 heteroatoms. The van der Waals surface area contributed by atoms with E-state index in [1.165, 1.54) is 17.0 Å². The fraction of sp³-hybridized carbons (Fsp3) is 0.133. The van der Waals surface area contributed by atoms with Gasteiger partial charge in [0.25, 0.3) is 5.91 Å². The maximum absolute atomic E-state index is 13.3. The van der Waals surface area contributed by atoms with Crippen molar-refractivity contribution in [2.45, 2.75) is 13.2 Å². The Labute approximate surface area is 109 Å². The van der Waals surface area contributed by atoms with E-state index in [9.17, 15) is 14.3 Å². The highest BCUT2D eigenvalue weighted by Crippen LogP contribution is 2.36. The van der Waals surface area contributed by atoms with Crippen LogP contribution in [0.15, 0.2) is 42.5 Å². The van der Waals surface area contributed by atoms with Crippen LogP contribution in [0.3, 0.4) is 0 Å². The second-order valence-electron chi connectivity index (χ2n) is 4.57. The fourth-order valence-electron chi connectivity index (χ4n) is 2.33. The van der Waals surface area contributed by atoms with Crippen LogP contribution in [-0.4, -0.2) is 11.0 Å². The molecule has 0 saturated carbocycles. The van der Waals surface area contributed by atoms with Crippen LogP contribution in [0.4, 0.5) is 10.1 Å². The third-order valence-electron chi connectivity index (χ3n) is 3.35. The Bertz CT molecular complexity index is 669. The Balaban J connectivity index is 2.08. The standard InChI is InChI=1S/C15H12FNO2/c1-9-8-10(6-7-13(9)16)17-14(18)11-4-2-3-5-12(11)15(17)19/h2-8,14,18H,1H3. The molecule has 19 heavy (non-hydrogen) atoms. The molecule has 2 aromatic carbocycles. The third kappa shape index (κ3) is 1.72. The van der Waals surface area contributed by atoms with E-state index in [1.54, 1.807) is 37.3 Å². The summed E-state index contributed by atoms with van der Waals surface area (Å²) in [5.41, 5.74) is 1.99. The first-order valence-corrected chi connectivity index (χ1v) is 5.96. The van der Waals surface area contributed by atoms with Gasteiger partial charge in [-0.15, -0.1) is 0 Å². The van der Waals surface area contributed by atoms with E-state index >= 15 is 0 Å². The third-order valence-corrected chi connectivity index (χ3v) is 3.35. The number of hydrogen-bond acceptors (Lipinski definition) is 2. The predicted molar refractivity (Wildman–Crippen MR) is 69.3 cm³/mol. The molecule has 96 valence electrons. The van der Waals surface area contributed by atoms with Gasteiger partial charge in [-0.1, -0.05) is 18.2 Å². The molecule has 1 heterocycles. The van der Waals surface area contributed by atoms with Crippen molar-refractivity contribution in [3.8, 4) is 0 Å². The highest BCUT2D eigenvalue weighted by Gasteiger charge is 2.36. The highest BCUT2D eigenvalue weighted by molar-refractivity contribution is 6.10. The van der Waals surface area contributed by atoms with Crippen molar-refractivity contribution in [1.82, 2.24) is 0 Å². The molecule has 0 saturated heterocycles. The van der Waals surface area contributed by atoms with E-state index in [4.69, 9.17) is 0 Å². The Hall–Kier alpha value is -2.20. The maximum atomic E-state index is 13.3. The molecule has 0 radical (unpaired) electrons. The van der Waals surface area contributed by atoms with Gasteiger partial charge in [0.2, 0.25) is 0 Å². The molecule has 1 amide bonds. The lowest BCUT2D eigenvalue weighted by Crippen LogP contribution is -2.27. The lowest BCUT2D eigenvalue weighted by atomic mass is 10.1. The van der Waals surface area contributed by atoms with Gasteiger partial charge in [-0.05, 0) is 36.8 Å². The Morgan fingerprint density at radius 2 is 1.95 bits per heavy atom. The predicted octanol–water partition coefficient (Wildman–Crippen LogP) is 2.79. The zero-order chi connectivity index (χ0) is 13.6. The van der Waals surface area contributed by atoms with Gasteiger partial charge in [0.1, 0.15) is 5.82 Å². The van der Waals surface area contributed by atoms with E-state index in [0.717, 1.165) is 0 Å². The molecule has 1 aliphatic heterocycles. The number of aliphatic hydroxyl groups excluding tert-OH is 1. The molecule has 2 aromatic rings. The van der Waals surface area contributed by atoms with E-state index in [1.807, 2.05) is 0 Å². The SMILES string of the molecule is Cc1cc(N2C(=O)c3ccccc3C2O)ccc1F. The minimum absolute atomic E-state index is 0.269. The first-order valence-electron chi connectivity index (χ1n) is 5.96. The maximum Gasteiger partial charge on any atom is 0.261 e. The van der Waals surface area contributed by atoms with Gasteiger partial charge in [-0.25, -0.2) is 4.39 Å². The number of rotatable bonds is 1. The summed E-state index contributed by atoms with van der Waals surface area (Å²) in [6.07, 6.45) is -1.02. The first-order chi connectivity index (χ1) is 9.09. The van der Waals surface area contributed by atoms with Crippen molar-refractivity contribution < 1.29 is 14.3 Å². The summed E-state index contributed by atoms with van der Waals surface area (Å²) < 4.78 is 13.3. The number of carbonyl (C=O) groups is 1. The number of amides is 1. The number of hydrogen-bond donors (Lipinski definition) is 1. The quantitative estimate of drug-likeness (QED) is 0.853. The number of benzene rings is 2. The summed E-state index contributed by atoms with van der Waals surface area (Å²) in [6, 6.07) is 11.3. The molecule has 3 nitrogen and oxygen atoms in total. The van der Waals surface area contributed by atoms with Crippen LogP contribution in [0.5, 0.6) is 0 Å². The van der Waals surface area contributed by atoms with E-state index in [0.29, 0.717) is 22.4 Å². The van der Waals surface area contributed by atoms with Crippen molar-refractivity contribution in [2.75, 3.05) is 4.90 Å². The number of anilines is 1. The molecule has 1 atom stereocenters. The Morgan fingerprint density at radius 1 is 1.21 bits per heavy atom. The minimum Gasteiger partial charge on any atom is -0.369 e. The average molecular weight is 257 g/mol. The van der Waals surface area contributed by atoms with E-state index in [2.05, 4.69) is 0 Å². The number of aryl methyl sites for hydroxylation is 1. The normalized spacial score (nSPS) is 17.7. The second kappa shape index (κ2) is 4.17. The van der Waals surface area contributed by atoms with Crippen LogP contribution >= 0.6 is 0 Å². The van der Waals surface area contributed by atoms with Gasteiger partial charge >= 0.3 is 0 Å². The molecule has 1 N–H and O–H groups in total. The van der Waals surface area contributed by atoms with Gasteiger partial charge < -0.3 is 5.11 Å². The summed E-state index contributed by atoms with van der Waals surface area (Å²) in [5.74, 6) is -0.600. The van der Waals surface area contributed by atoms with Crippen LogP contribution in [-0.2, 0) is 0 Å². The van der Waals surface area contributed by atoms with Crippen LogP contribution in [0.2, 0.25) is 0 Å². The van der Waals surface area contributed by atoms with Gasteiger partial charge in [0, 0.05) is 16.8 Å². The van der Waals surface area contributed by atoms with Gasteiger partial charge in [0.15, 0.2) is 6.23 Å².